The number of hydrogen-bond acceptors (Lipinski definition) is 4. The van der Waals surface area contributed by atoms with Crippen LogP contribution in [0.3, 0.4) is 0 Å². The summed E-state index contributed by atoms with van der Waals surface area (Å²) in [5.41, 5.74) is 3.12. The summed E-state index contributed by atoms with van der Waals surface area (Å²) in [5.74, 6) is 0. The maximum atomic E-state index is 12.5. The van der Waals surface area contributed by atoms with E-state index in [1.54, 1.807) is 17.1 Å². The molecule has 0 atom stereocenters. The van der Waals surface area contributed by atoms with Crippen molar-refractivity contribution in [2.24, 2.45) is 0 Å². The van der Waals surface area contributed by atoms with Crippen LogP contribution in [0.25, 0.3) is 5.69 Å². The molecule has 0 radical (unpaired) electrons. The van der Waals surface area contributed by atoms with Crippen LogP contribution >= 0.6 is 11.6 Å². The topological polar surface area (TPSA) is 64.7 Å². The van der Waals surface area contributed by atoms with Gasteiger partial charge in [0.25, 0.3) is 5.56 Å². The largest absolute Gasteiger partial charge is 0.378 e. The van der Waals surface area contributed by atoms with Gasteiger partial charge >= 0.3 is 0 Å². The molecule has 0 aliphatic carbocycles. The fourth-order valence-corrected chi connectivity index (χ4v) is 3.04. The summed E-state index contributed by atoms with van der Waals surface area (Å²) in [6.45, 7) is 0.861. The van der Waals surface area contributed by atoms with Crippen LogP contribution in [-0.4, -0.2) is 19.6 Å². The Balaban J connectivity index is 1.46. The molecule has 0 amide bonds. The molecule has 0 unspecified atom stereocenters. The van der Waals surface area contributed by atoms with Gasteiger partial charge in [-0.2, -0.15) is 10.2 Å². The van der Waals surface area contributed by atoms with Crippen molar-refractivity contribution in [3.05, 3.63) is 106 Å². The minimum Gasteiger partial charge on any atom is -0.378 e. The van der Waals surface area contributed by atoms with Gasteiger partial charge in [0, 0.05) is 18.3 Å². The highest BCUT2D eigenvalue weighted by molar-refractivity contribution is 6.32. The SMILES string of the molecule is O=c1c(Cl)c(NCc2cnn(-c3ccccc3)c2)cnn1Cc1ccccc1. The van der Waals surface area contributed by atoms with E-state index in [4.69, 9.17) is 11.6 Å². The second-order valence-corrected chi connectivity index (χ2v) is 6.68. The molecule has 0 bridgehead atoms. The predicted octanol–water partition coefficient (Wildman–Crippen LogP) is 3.74. The molecule has 7 heteroatoms. The lowest BCUT2D eigenvalue weighted by atomic mass is 10.2. The first-order chi connectivity index (χ1) is 13.7. The van der Waals surface area contributed by atoms with E-state index in [0.29, 0.717) is 18.8 Å². The smallest absolute Gasteiger partial charge is 0.287 e. The molecule has 4 rings (SSSR count). The second-order valence-electron chi connectivity index (χ2n) is 6.30. The van der Waals surface area contributed by atoms with E-state index in [9.17, 15) is 4.79 Å². The van der Waals surface area contributed by atoms with Crippen LogP contribution in [0.1, 0.15) is 11.1 Å². The van der Waals surface area contributed by atoms with Crippen molar-refractivity contribution in [2.75, 3.05) is 5.32 Å². The molecule has 2 aromatic carbocycles. The van der Waals surface area contributed by atoms with Crippen molar-refractivity contribution in [3.8, 4) is 5.69 Å². The summed E-state index contributed by atoms with van der Waals surface area (Å²) in [6, 6.07) is 19.5. The standard InChI is InChI=1S/C21H18ClN5O/c22-20-19(13-25-27(21(20)28)14-16-7-3-1-4-8-16)23-11-17-12-24-26(15-17)18-9-5-2-6-10-18/h1-10,12-13,15,23H,11,14H2. The number of nitrogens with one attached hydrogen (secondary N) is 1. The van der Waals surface area contributed by atoms with E-state index < -0.39 is 0 Å². The van der Waals surface area contributed by atoms with Gasteiger partial charge < -0.3 is 5.32 Å². The van der Waals surface area contributed by atoms with Crippen molar-refractivity contribution in [3.63, 3.8) is 0 Å². The van der Waals surface area contributed by atoms with Gasteiger partial charge in [0.1, 0.15) is 5.02 Å². The van der Waals surface area contributed by atoms with Crippen LogP contribution in [0.15, 0.2) is 84.0 Å². The Morgan fingerprint density at radius 1 is 0.893 bits per heavy atom. The summed E-state index contributed by atoms with van der Waals surface area (Å²) in [7, 11) is 0. The molecule has 0 aliphatic heterocycles. The Kier molecular flexibility index (Phi) is 5.21. The monoisotopic (exact) mass is 391 g/mol. The average Bonchev–Trinajstić information content (AvgIpc) is 3.21. The fourth-order valence-electron chi connectivity index (χ4n) is 2.83. The zero-order chi connectivity index (χ0) is 19.3. The lowest BCUT2D eigenvalue weighted by molar-refractivity contribution is 0.640. The quantitative estimate of drug-likeness (QED) is 0.543. The second kappa shape index (κ2) is 8.10. The van der Waals surface area contributed by atoms with E-state index >= 15 is 0 Å². The first-order valence-corrected chi connectivity index (χ1v) is 9.21. The van der Waals surface area contributed by atoms with Gasteiger partial charge in [0.05, 0.1) is 30.3 Å². The molecule has 0 aliphatic rings. The summed E-state index contributed by atoms with van der Waals surface area (Å²) < 4.78 is 3.16. The van der Waals surface area contributed by atoms with E-state index in [1.807, 2.05) is 66.9 Å². The summed E-state index contributed by atoms with van der Waals surface area (Å²) in [5, 5.41) is 11.9. The van der Waals surface area contributed by atoms with Crippen molar-refractivity contribution in [1.29, 1.82) is 0 Å². The van der Waals surface area contributed by atoms with E-state index in [2.05, 4.69) is 15.5 Å². The van der Waals surface area contributed by atoms with E-state index in [0.717, 1.165) is 16.8 Å². The Labute approximate surface area is 167 Å². The van der Waals surface area contributed by atoms with Crippen LogP contribution < -0.4 is 10.9 Å². The number of nitrogens with zero attached hydrogens (tertiary/aromatic N) is 4. The van der Waals surface area contributed by atoms with Crippen molar-refractivity contribution >= 4 is 17.3 Å². The number of hydrogen-bond donors (Lipinski definition) is 1. The molecule has 2 heterocycles. The first kappa shape index (κ1) is 18.0. The molecular weight excluding hydrogens is 374 g/mol. The summed E-state index contributed by atoms with van der Waals surface area (Å²) >= 11 is 6.28. The lowest BCUT2D eigenvalue weighted by Crippen LogP contribution is -2.24. The normalized spacial score (nSPS) is 10.8. The first-order valence-electron chi connectivity index (χ1n) is 8.83. The Morgan fingerprint density at radius 2 is 1.61 bits per heavy atom. The average molecular weight is 392 g/mol. The van der Waals surface area contributed by atoms with Gasteiger partial charge in [-0.25, -0.2) is 9.36 Å². The zero-order valence-corrected chi connectivity index (χ0v) is 15.8. The molecule has 1 N–H and O–H groups in total. The third-order valence-electron chi connectivity index (χ3n) is 4.30. The highest BCUT2D eigenvalue weighted by Gasteiger charge is 2.10. The Morgan fingerprint density at radius 3 is 2.36 bits per heavy atom. The molecule has 0 saturated carbocycles. The van der Waals surface area contributed by atoms with Gasteiger partial charge in [-0.15, -0.1) is 0 Å². The highest BCUT2D eigenvalue weighted by atomic mass is 35.5. The molecule has 6 nitrogen and oxygen atoms in total. The predicted molar refractivity (Wildman–Crippen MR) is 110 cm³/mol. The Bertz CT molecular complexity index is 1120. The summed E-state index contributed by atoms with van der Waals surface area (Å²) in [4.78, 5) is 12.5. The molecule has 0 spiro atoms. The van der Waals surface area contributed by atoms with Crippen LogP contribution in [0, 0.1) is 0 Å². The van der Waals surface area contributed by atoms with Gasteiger partial charge in [0.2, 0.25) is 0 Å². The lowest BCUT2D eigenvalue weighted by Gasteiger charge is -2.10. The van der Waals surface area contributed by atoms with E-state index in [1.165, 1.54) is 4.68 Å². The third-order valence-corrected chi connectivity index (χ3v) is 4.67. The molecular formula is C21H18ClN5O. The van der Waals surface area contributed by atoms with Crippen LogP contribution in [0.2, 0.25) is 5.02 Å². The van der Waals surface area contributed by atoms with Crippen molar-refractivity contribution < 1.29 is 0 Å². The number of aromatic nitrogens is 4. The molecule has 2 aromatic heterocycles. The maximum Gasteiger partial charge on any atom is 0.287 e. The number of rotatable bonds is 6. The molecule has 28 heavy (non-hydrogen) atoms. The number of benzene rings is 2. The van der Waals surface area contributed by atoms with Crippen molar-refractivity contribution in [1.82, 2.24) is 19.6 Å². The molecule has 0 fully saturated rings. The minimum atomic E-state index is -0.324. The summed E-state index contributed by atoms with van der Waals surface area (Å²) in [6.07, 6.45) is 5.28. The molecule has 140 valence electrons. The Hall–Kier alpha value is -3.38. The van der Waals surface area contributed by atoms with Crippen LogP contribution in [-0.2, 0) is 13.1 Å². The third kappa shape index (κ3) is 3.97. The number of halogens is 1. The van der Waals surface area contributed by atoms with Crippen LogP contribution in [0.4, 0.5) is 5.69 Å². The number of para-hydroxylation sites is 1. The van der Waals surface area contributed by atoms with Gasteiger partial charge in [-0.05, 0) is 17.7 Å². The van der Waals surface area contributed by atoms with Gasteiger partial charge in [0.15, 0.2) is 0 Å². The molecule has 0 saturated heterocycles. The van der Waals surface area contributed by atoms with Gasteiger partial charge in [-0.1, -0.05) is 60.1 Å². The van der Waals surface area contributed by atoms with Gasteiger partial charge in [-0.3, -0.25) is 4.79 Å². The number of anilines is 1. The minimum absolute atomic E-state index is 0.126. The van der Waals surface area contributed by atoms with E-state index in [-0.39, 0.29) is 10.6 Å². The van der Waals surface area contributed by atoms with Crippen molar-refractivity contribution in [2.45, 2.75) is 13.1 Å². The van der Waals surface area contributed by atoms with Crippen LogP contribution in [0.5, 0.6) is 0 Å². The fraction of sp³-hybridized carbons (Fsp3) is 0.0952. The zero-order valence-electron chi connectivity index (χ0n) is 15.0. The molecule has 4 aromatic rings. The highest BCUT2D eigenvalue weighted by Crippen LogP contribution is 2.17. The maximum absolute atomic E-state index is 12.5.